The van der Waals surface area contributed by atoms with Crippen molar-refractivity contribution in [3.05, 3.63) is 108 Å². The normalized spacial score (nSPS) is 11.5. The smallest absolute Gasteiger partial charge is 0.329 e. The van der Waals surface area contributed by atoms with Gasteiger partial charge in [-0.25, -0.2) is 25.4 Å². The molecule has 5 heterocycles. The minimum Gasteiger partial charge on any atom is -0.329 e. The second-order valence-electron chi connectivity index (χ2n) is 12.5. The number of alkyl halides is 6. The van der Waals surface area contributed by atoms with Crippen LogP contribution in [0.3, 0.4) is 0 Å². The molecule has 2 aromatic carbocycles. The number of nitrogens with zero attached hydrogens (tertiary/aromatic N) is 6. The van der Waals surface area contributed by atoms with Crippen molar-refractivity contribution in [1.82, 2.24) is 49.6 Å². The maximum absolute atomic E-state index is 12.2. The molecule has 5 amide bonds. The standard InChI is InChI=1S/C19H16F3N7OS.C17H15F3N6O2/c1-28-16(26-27-18(28)31)12-5-6-29-14(9-23-15(29)8-12)11-3-2-4-13(7-11)25-17(30)24-10-19(20,21)22;18-17(19,20)9-23-16(28)24-12-3-1-2-10(6-12)13-8-22-14-7-11(15(27)25-21)4-5-26(13)14/h2-9H,10H2,1H3,(H,27,31)(H2,24,25,30);1-8H,9,21H2,(H,25,27)(H2,23,24,28). The average Bonchev–Trinajstić information content (AvgIpc) is 3.92. The molecule has 0 aliphatic rings. The third kappa shape index (κ3) is 10.4. The zero-order valence-corrected chi connectivity index (χ0v) is 31.1. The van der Waals surface area contributed by atoms with Crippen LogP contribution in [0.2, 0.25) is 0 Å². The Bertz CT molecular complexity index is 2720. The number of anilines is 2. The molecule has 7 aromatic rings. The van der Waals surface area contributed by atoms with Crippen molar-refractivity contribution < 1.29 is 40.7 Å². The van der Waals surface area contributed by atoms with Crippen LogP contribution < -0.4 is 32.5 Å². The van der Waals surface area contributed by atoms with E-state index < -0.39 is 43.4 Å². The number of aromatic amines is 1. The van der Waals surface area contributed by atoms with E-state index in [4.69, 9.17) is 18.1 Å². The van der Waals surface area contributed by atoms with Gasteiger partial charge in [-0.2, -0.15) is 31.4 Å². The van der Waals surface area contributed by atoms with Gasteiger partial charge in [-0.3, -0.25) is 24.1 Å². The van der Waals surface area contributed by atoms with Crippen molar-refractivity contribution in [2.75, 3.05) is 23.7 Å². The van der Waals surface area contributed by atoms with Crippen molar-refractivity contribution in [2.24, 2.45) is 12.9 Å². The lowest BCUT2D eigenvalue weighted by atomic mass is 10.1. The van der Waals surface area contributed by atoms with Crippen LogP contribution in [0, 0.1) is 4.77 Å². The molecule has 0 spiro atoms. The quantitative estimate of drug-likeness (QED) is 0.0298. The first-order valence-electron chi connectivity index (χ1n) is 17.0. The van der Waals surface area contributed by atoms with Crippen molar-refractivity contribution in [2.45, 2.75) is 12.4 Å². The number of nitrogen functional groups attached to an aromatic ring is 1. The van der Waals surface area contributed by atoms with Gasteiger partial charge in [0.15, 0.2) is 10.6 Å². The molecule has 0 aliphatic heterocycles. The van der Waals surface area contributed by atoms with Crippen molar-refractivity contribution in [1.29, 1.82) is 0 Å². The first kappa shape index (κ1) is 41.4. The number of hydrazine groups is 1. The average molecular weight is 840 g/mol. The molecule has 16 nitrogen and oxygen atoms in total. The molecule has 0 unspecified atom stereocenters. The molecule has 0 bridgehead atoms. The van der Waals surface area contributed by atoms with Crippen LogP contribution in [0.5, 0.6) is 0 Å². The summed E-state index contributed by atoms with van der Waals surface area (Å²) >= 11 is 5.15. The van der Waals surface area contributed by atoms with Crippen LogP contribution in [0.4, 0.5) is 47.3 Å². The van der Waals surface area contributed by atoms with E-state index in [0.29, 0.717) is 50.1 Å². The summed E-state index contributed by atoms with van der Waals surface area (Å²) < 4.78 is 79.1. The van der Waals surface area contributed by atoms with Gasteiger partial charge >= 0.3 is 24.4 Å². The maximum Gasteiger partial charge on any atom is 0.405 e. The number of pyridine rings is 2. The van der Waals surface area contributed by atoms with Crippen molar-refractivity contribution >= 4 is 52.9 Å². The highest BCUT2D eigenvalue weighted by atomic mass is 32.1. The summed E-state index contributed by atoms with van der Waals surface area (Å²) in [6, 6.07) is 18.2. The summed E-state index contributed by atoms with van der Waals surface area (Å²) in [6.07, 6.45) is -2.25. The highest BCUT2D eigenvalue weighted by Gasteiger charge is 2.28. The van der Waals surface area contributed by atoms with Gasteiger partial charge in [0.1, 0.15) is 24.4 Å². The first-order chi connectivity index (χ1) is 28.0. The van der Waals surface area contributed by atoms with Crippen LogP contribution in [0.1, 0.15) is 10.4 Å². The number of benzene rings is 2. The molecule has 8 N–H and O–H groups in total. The Balaban J connectivity index is 0.000000199. The Morgan fingerprint density at radius 3 is 1.71 bits per heavy atom. The van der Waals surface area contributed by atoms with E-state index >= 15 is 0 Å². The van der Waals surface area contributed by atoms with Crippen molar-refractivity contribution in [3.63, 3.8) is 0 Å². The zero-order valence-electron chi connectivity index (χ0n) is 30.3. The van der Waals surface area contributed by atoms with Gasteiger partial charge in [-0.15, -0.1) is 0 Å². The van der Waals surface area contributed by atoms with E-state index in [1.807, 2.05) is 41.3 Å². The molecule has 7 rings (SSSR count). The number of nitrogens with two attached hydrogens (primary N) is 1. The molecule has 23 heteroatoms. The summed E-state index contributed by atoms with van der Waals surface area (Å²) in [7, 11) is 1.81. The second-order valence-corrected chi connectivity index (χ2v) is 12.9. The molecular formula is C36H31F6N13O3S. The Hall–Kier alpha value is -7.27. The molecule has 0 atom stereocenters. The molecule has 306 valence electrons. The highest BCUT2D eigenvalue weighted by Crippen LogP contribution is 2.27. The van der Waals surface area contributed by atoms with Crippen LogP contribution in [-0.2, 0) is 7.05 Å². The fraction of sp³-hybridized carbons (Fsp3) is 0.139. The maximum atomic E-state index is 12.2. The fourth-order valence-corrected chi connectivity index (χ4v) is 5.71. The summed E-state index contributed by atoms with van der Waals surface area (Å²) in [4.78, 5) is 43.6. The third-order valence-electron chi connectivity index (χ3n) is 8.29. The second kappa shape index (κ2) is 17.1. The zero-order chi connectivity index (χ0) is 42.5. The Kier molecular flexibility index (Phi) is 12.0. The minimum absolute atomic E-state index is 0.311. The van der Waals surface area contributed by atoms with E-state index in [1.165, 1.54) is 0 Å². The predicted molar refractivity (Wildman–Crippen MR) is 206 cm³/mol. The third-order valence-corrected chi connectivity index (χ3v) is 8.65. The monoisotopic (exact) mass is 839 g/mol. The number of carbonyl (C=O) groups excluding carboxylic acids is 3. The number of fused-ring (bicyclic) bond motifs is 2. The molecule has 0 radical (unpaired) electrons. The number of H-pyrrole nitrogens is 1. The number of hydrogen-bond acceptors (Lipinski definition) is 8. The molecule has 0 saturated carbocycles. The molecule has 0 saturated heterocycles. The fourth-order valence-electron chi connectivity index (χ4n) is 5.58. The molecule has 5 aromatic heterocycles. The van der Waals surface area contributed by atoms with Crippen LogP contribution in [0.25, 0.3) is 45.2 Å². The number of aromatic nitrogens is 7. The highest BCUT2D eigenvalue weighted by molar-refractivity contribution is 7.71. The topological polar surface area (TPSA) is 206 Å². The largest absolute Gasteiger partial charge is 0.405 e. The Morgan fingerprint density at radius 1 is 0.729 bits per heavy atom. The molecule has 0 aliphatic carbocycles. The van der Waals surface area contributed by atoms with E-state index in [-0.39, 0.29) is 0 Å². The van der Waals surface area contributed by atoms with E-state index in [1.54, 1.807) is 92.8 Å². The number of rotatable bonds is 8. The number of urea groups is 2. The van der Waals surface area contributed by atoms with Gasteiger partial charge in [0.2, 0.25) is 0 Å². The number of imidazole rings is 2. The van der Waals surface area contributed by atoms with Gasteiger partial charge in [0.05, 0.1) is 23.8 Å². The predicted octanol–water partition coefficient (Wildman–Crippen LogP) is 6.43. The van der Waals surface area contributed by atoms with Crippen LogP contribution in [-0.4, -0.2) is 76.9 Å². The van der Waals surface area contributed by atoms with Crippen molar-refractivity contribution in [3.8, 4) is 33.9 Å². The summed E-state index contributed by atoms with van der Waals surface area (Å²) in [5.74, 6) is 5.34. The molecule has 59 heavy (non-hydrogen) atoms. The summed E-state index contributed by atoms with van der Waals surface area (Å²) in [5, 5.41) is 15.2. The SMILES string of the molecule is Cn1c(-c2ccn3c(-c4cccc(NC(=O)NCC(F)(F)F)c4)cnc3c2)n[nH]c1=S.NNC(=O)c1ccn2c(-c3cccc(NC(=O)NCC(F)(F)F)c3)cnc2c1. The Labute approximate surface area is 333 Å². The van der Waals surface area contributed by atoms with E-state index in [2.05, 4.69) is 30.8 Å². The van der Waals surface area contributed by atoms with Gasteiger partial charge in [0, 0.05) is 53.1 Å². The number of amides is 5. The van der Waals surface area contributed by atoms with Gasteiger partial charge in [-0.1, -0.05) is 24.3 Å². The Morgan fingerprint density at radius 2 is 1.24 bits per heavy atom. The number of halogens is 6. The van der Waals surface area contributed by atoms with Gasteiger partial charge in [0.25, 0.3) is 5.91 Å². The number of nitrogens with one attached hydrogen (secondary N) is 6. The molecule has 0 fully saturated rings. The van der Waals surface area contributed by atoms with E-state index in [9.17, 15) is 40.7 Å². The summed E-state index contributed by atoms with van der Waals surface area (Å²) in [6.45, 7) is -2.83. The van der Waals surface area contributed by atoms with Gasteiger partial charge < -0.3 is 25.8 Å². The number of carbonyl (C=O) groups is 3. The lowest BCUT2D eigenvalue weighted by Gasteiger charge is -2.11. The number of hydrogen-bond donors (Lipinski definition) is 7. The minimum atomic E-state index is -4.49. The van der Waals surface area contributed by atoms with Crippen LogP contribution >= 0.6 is 12.2 Å². The van der Waals surface area contributed by atoms with Gasteiger partial charge in [-0.05, 0) is 60.7 Å². The molecular weight excluding hydrogens is 809 g/mol. The van der Waals surface area contributed by atoms with E-state index in [0.717, 1.165) is 16.8 Å². The lowest BCUT2D eigenvalue weighted by molar-refractivity contribution is -0.123. The first-order valence-corrected chi connectivity index (χ1v) is 17.4. The summed E-state index contributed by atoms with van der Waals surface area (Å²) in [5.41, 5.74) is 7.83. The lowest BCUT2D eigenvalue weighted by Crippen LogP contribution is -2.36. The van der Waals surface area contributed by atoms with Crippen LogP contribution in [0.15, 0.2) is 97.6 Å².